The lowest BCUT2D eigenvalue weighted by Crippen LogP contribution is -2.57. The van der Waals surface area contributed by atoms with Crippen LogP contribution in [0.15, 0.2) is 29.4 Å². The van der Waals surface area contributed by atoms with Crippen LogP contribution in [-0.2, 0) is 9.59 Å². The van der Waals surface area contributed by atoms with Crippen molar-refractivity contribution in [2.75, 3.05) is 12.0 Å². The molecule has 0 spiro atoms. The van der Waals surface area contributed by atoms with Gasteiger partial charge >= 0.3 is 6.03 Å². The van der Waals surface area contributed by atoms with Crippen LogP contribution in [0.5, 0.6) is 0 Å². The number of halogens is 1. The van der Waals surface area contributed by atoms with Crippen molar-refractivity contribution in [1.29, 1.82) is 5.41 Å². The van der Waals surface area contributed by atoms with Crippen LogP contribution in [0.25, 0.3) is 0 Å². The zero-order chi connectivity index (χ0) is 18.7. The van der Waals surface area contributed by atoms with E-state index in [1.807, 2.05) is 0 Å². The Balaban J connectivity index is 1.53. The summed E-state index contributed by atoms with van der Waals surface area (Å²) in [5.41, 5.74) is 1.80. The molecule has 26 heavy (non-hydrogen) atoms. The molecule has 4 amide bonds. The summed E-state index contributed by atoms with van der Waals surface area (Å²) in [6.45, 7) is -0.0745. The first-order valence-electron chi connectivity index (χ1n) is 7.96. The van der Waals surface area contributed by atoms with Crippen molar-refractivity contribution in [3.63, 3.8) is 0 Å². The quantitative estimate of drug-likeness (QED) is 0.274. The molecule has 1 aliphatic heterocycles. The van der Waals surface area contributed by atoms with E-state index >= 15 is 0 Å². The Morgan fingerprint density at radius 2 is 2.04 bits per heavy atom. The van der Waals surface area contributed by atoms with Crippen LogP contribution in [0, 0.1) is 11.3 Å². The zero-order valence-corrected chi connectivity index (χ0v) is 14.4. The van der Waals surface area contributed by atoms with Crippen LogP contribution < -0.4 is 21.4 Å². The summed E-state index contributed by atoms with van der Waals surface area (Å²) in [6, 6.07) is 6.18. The first kappa shape index (κ1) is 17.9. The average molecular weight is 377 g/mol. The highest BCUT2D eigenvalue weighted by atomic mass is 35.5. The number of hydrazone groups is 1. The Kier molecular flexibility index (Phi) is 4.90. The molecule has 3 rings (SSSR count). The fourth-order valence-corrected chi connectivity index (χ4v) is 2.83. The second-order valence-corrected chi connectivity index (χ2v) is 6.56. The van der Waals surface area contributed by atoms with Crippen LogP contribution in [-0.4, -0.2) is 41.9 Å². The van der Waals surface area contributed by atoms with E-state index in [1.54, 1.807) is 24.3 Å². The maximum Gasteiger partial charge on any atom is 0.322 e. The highest BCUT2D eigenvalue weighted by molar-refractivity contribution is 6.59. The molecule has 2 fully saturated rings. The number of urea groups is 1. The lowest BCUT2D eigenvalue weighted by atomic mass is 9.93. The summed E-state index contributed by atoms with van der Waals surface area (Å²) in [4.78, 5) is 35.6. The Morgan fingerprint density at radius 3 is 2.62 bits per heavy atom. The topological polar surface area (TPSA) is 136 Å². The van der Waals surface area contributed by atoms with Gasteiger partial charge in [0, 0.05) is 5.02 Å². The molecular weight excluding hydrogens is 360 g/mol. The maximum absolute atomic E-state index is 12.1. The number of rotatable bonds is 7. The van der Waals surface area contributed by atoms with Gasteiger partial charge in [0.15, 0.2) is 0 Å². The summed E-state index contributed by atoms with van der Waals surface area (Å²) in [5.74, 6) is -1.15. The van der Waals surface area contributed by atoms with Crippen molar-refractivity contribution >= 4 is 47.1 Å². The lowest BCUT2D eigenvalue weighted by molar-refractivity contribution is -0.125. The van der Waals surface area contributed by atoms with E-state index in [-0.39, 0.29) is 18.2 Å². The largest absolute Gasteiger partial charge is 0.348 e. The molecule has 0 aromatic heterocycles. The van der Waals surface area contributed by atoms with Gasteiger partial charge in [-0.15, -0.1) is 0 Å². The number of nitrogens with one attached hydrogen (secondary N) is 5. The van der Waals surface area contributed by atoms with E-state index in [0.717, 1.165) is 19.1 Å². The standard InChI is InChI=1S/C16H17ClN6O3/c17-10-3-5-11(6-4-10)23-20-7-12(18)13(24)19-8-16(9-1-2-9)14(25)21-15(26)22-16/h3-7,9,18,23H,1-2,8H2,(H,19,24)(H2,21,22,25,26)/b18-12?,20-7-/t16-/m0/s1. The Hall–Kier alpha value is -2.94. The third-order valence-electron chi connectivity index (χ3n) is 4.25. The van der Waals surface area contributed by atoms with Gasteiger partial charge in [-0.05, 0) is 43.0 Å². The smallest absolute Gasteiger partial charge is 0.322 e. The van der Waals surface area contributed by atoms with Crippen molar-refractivity contribution in [3.8, 4) is 0 Å². The van der Waals surface area contributed by atoms with Gasteiger partial charge < -0.3 is 10.6 Å². The molecule has 10 heteroatoms. The Labute approximate surface area is 154 Å². The third kappa shape index (κ3) is 3.83. The number of nitrogens with zero attached hydrogens (tertiary/aromatic N) is 1. The van der Waals surface area contributed by atoms with Crippen molar-refractivity contribution in [1.82, 2.24) is 16.0 Å². The van der Waals surface area contributed by atoms with Crippen LogP contribution in [0.4, 0.5) is 10.5 Å². The minimum absolute atomic E-state index is 0.0105. The third-order valence-corrected chi connectivity index (χ3v) is 4.50. The number of carbonyl (C=O) groups excluding carboxylic acids is 3. The van der Waals surface area contributed by atoms with Gasteiger partial charge in [-0.2, -0.15) is 5.10 Å². The molecule has 2 aliphatic rings. The number of carbonyl (C=O) groups is 3. The van der Waals surface area contributed by atoms with E-state index in [2.05, 4.69) is 26.5 Å². The highest BCUT2D eigenvalue weighted by Crippen LogP contribution is 2.40. The van der Waals surface area contributed by atoms with Gasteiger partial charge in [-0.1, -0.05) is 11.6 Å². The lowest BCUT2D eigenvalue weighted by Gasteiger charge is -2.25. The molecule has 1 aromatic rings. The molecule has 1 saturated heterocycles. The minimum atomic E-state index is -1.13. The van der Waals surface area contributed by atoms with E-state index in [4.69, 9.17) is 17.0 Å². The first-order chi connectivity index (χ1) is 12.4. The molecule has 136 valence electrons. The molecule has 0 radical (unpaired) electrons. The number of anilines is 1. The number of hydrogen-bond donors (Lipinski definition) is 5. The van der Waals surface area contributed by atoms with E-state index in [9.17, 15) is 14.4 Å². The van der Waals surface area contributed by atoms with Crippen LogP contribution in [0.3, 0.4) is 0 Å². The summed E-state index contributed by atoms with van der Waals surface area (Å²) in [7, 11) is 0. The average Bonchev–Trinajstić information content (AvgIpc) is 3.41. The van der Waals surface area contributed by atoms with Crippen molar-refractivity contribution in [2.24, 2.45) is 11.0 Å². The second-order valence-electron chi connectivity index (χ2n) is 6.13. The normalized spacial score (nSPS) is 22.0. The maximum atomic E-state index is 12.1. The van der Waals surface area contributed by atoms with Crippen LogP contribution >= 0.6 is 11.6 Å². The Bertz CT molecular complexity index is 790. The molecule has 0 unspecified atom stereocenters. The SMILES string of the molecule is N=C(/C=N\Nc1ccc(Cl)cc1)C(=O)NC[C@@]1(C2CC2)NC(=O)NC1=O. The van der Waals surface area contributed by atoms with Crippen LogP contribution in [0.1, 0.15) is 12.8 Å². The van der Waals surface area contributed by atoms with E-state index in [0.29, 0.717) is 10.7 Å². The molecular formula is C16H17ClN6O3. The summed E-state index contributed by atoms with van der Waals surface area (Å²) < 4.78 is 0. The fourth-order valence-electron chi connectivity index (χ4n) is 2.71. The molecule has 0 bridgehead atoms. The number of amides is 4. The van der Waals surface area contributed by atoms with E-state index < -0.39 is 23.4 Å². The van der Waals surface area contributed by atoms with Gasteiger partial charge in [0.25, 0.3) is 11.8 Å². The summed E-state index contributed by atoms with van der Waals surface area (Å²) in [5, 5.41) is 19.4. The van der Waals surface area contributed by atoms with Crippen LogP contribution in [0.2, 0.25) is 5.02 Å². The molecule has 1 aliphatic carbocycles. The predicted molar refractivity (Wildman–Crippen MR) is 96.4 cm³/mol. The number of hydrogen-bond acceptors (Lipinski definition) is 6. The van der Waals surface area contributed by atoms with Gasteiger partial charge in [0.2, 0.25) is 0 Å². The fraction of sp³-hybridized carbons (Fsp3) is 0.312. The van der Waals surface area contributed by atoms with Crippen molar-refractivity contribution in [3.05, 3.63) is 29.3 Å². The summed E-state index contributed by atoms with van der Waals surface area (Å²) >= 11 is 5.78. The van der Waals surface area contributed by atoms with Gasteiger partial charge in [-0.3, -0.25) is 25.7 Å². The molecule has 1 aromatic carbocycles. The highest BCUT2D eigenvalue weighted by Gasteiger charge is 2.56. The predicted octanol–water partition coefficient (Wildman–Crippen LogP) is 0.862. The van der Waals surface area contributed by atoms with Gasteiger partial charge in [0.1, 0.15) is 11.3 Å². The molecule has 9 nitrogen and oxygen atoms in total. The second kappa shape index (κ2) is 7.12. The molecule has 5 N–H and O–H groups in total. The number of benzene rings is 1. The first-order valence-corrected chi connectivity index (χ1v) is 8.33. The van der Waals surface area contributed by atoms with Gasteiger partial charge in [0.05, 0.1) is 18.4 Å². The zero-order valence-electron chi connectivity index (χ0n) is 13.6. The van der Waals surface area contributed by atoms with Crippen molar-refractivity contribution in [2.45, 2.75) is 18.4 Å². The molecule has 1 atom stereocenters. The Morgan fingerprint density at radius 1 is 1.35 bits per heavy atom. The van der Waals surface area contributed by atoms with Gasteiger partial charge in [-0.25, -0.2) is 4.79 Å². The van der Waals surface area contributed by atoms with Crippen molar-refractivity contribution < 1.29 is 14.4 Å². The molecule has 1 saturated carbocycles. The van der Waals surface area contributed by atoms with E-state index in [1.165, 1.54) is 0 Å². The molecule has 1 heterocycles. The summed E-state index contributed by atoms with van der Waals surface area (Å²) in [6.07, 6.45) is 2.65. The monoisotopic (exact) mass is 376 g/mol. The minimum Gasteiger partial charge on any atom is -0.348 e. The number of imide groups is 1.